The third kappa shape index (κ3) is 3.75. The van der Waals surface area contributed by atoms with Crippen LogP contribution in [0.25, 0.3) is 67.8 Å². The Morgan fingerprint density at radius 1 is 0.370 bits per heavy atom. The van der Waals surface area contributed by atoms with Crippen LogP contribution < -0.4 is 4.90 Å². The first kappa shape index (κ1) is 25.9. The Balaban J connectivity index is 1.27. The van der Waals surface area contributed by atoms with Crippen LogP contribution in [0.5, 0.6) is 0 Å². The van der Waals surface area contributed by atoms with Crippen molar-refractivity contribution in [2.24, 2.45) is 0 Å². The lowest BCUT2D eigenvalue weighted by Crippen LogP contribution is -2.09. The van der Waals surface area contributed by atoms with E-state index in [0.717, 1.165) is 22.7 Å². The Morgan fingerprint density at radius 3 is 1.65 bits per heavy atom. The van der Waals surface area contributed by atoms with Crippen molar-refractivity contribution in [2.75, 3.05) is 4.90 Å². The standard InChI is InChI=1S/C42H26N2S2/c1-3-11-27(12-4-1)43(28-13-5-2-6-14-28)29-19-21-30(22-20-29)44-34-25-26-38-39(33-16-8-10-18-37(33)45-38)40(34)41-35(44)24-23-32-31-15-7-9-17-36(31)46-42(32)41/h1-26H. The molecule has 4 heteroatoms. The zero-order valence-corrected chi connectivity index (χ0v) is 26.4. The molecule has 46 heavy (non-hydrogen) atoms. The van der Waals surface area contributed by atoms with Crippen molar-refractivity contribution < 1.29 is 0 Å². The number of nitrogens with zero attached hydrogens (tertiary/aromatic N) is 2. The fourth-order valence-corrected chi connectivity index (χ4v) is 9.58. The average molecular weight is 623 g/mol. The van der Waals surface area contributed by atoms with E-state index in [9.17, 15) is 0 Å². The monoisotopic (exact) mass is 622 g/mol. The molecule has 0 fully saturated rings. The number of para-hydroxylation sites is 2. The fourth-order valence-electron chi connectivity index (χ4n) is 7.21. The average Bonchev–Trinajstić information content (AvgIpc) is 3.79. The molecule has 10 aromatic rings. The van der Waals surface area contributed by atoms with Gasteiger partial charge in [-0.05, 0) is 78.9 Å². The molecule has 0 radical (unpaired) electrons. The van der Waals surface area contributed by atoms with Gasteiger partial charge in [-0.25, -0.2) is 0 Å². The van der Waals surface area contributed by atoms with Crippen LogP contribution in [0.1, 0.15) is 0 Å². The highest BCUT2D eigenvalue weighted by Crippen LogP contribution is 2.48. The normalized spacial score (nSPS) is 11.9. The molecule has 0 spiro atoms. The largest absolute Gasteiger partial charge is 0.311 e. The van der Waals surface area contributed by atoms with Crippen molar-refractivity contribution in [2.45, 2.75) is 0 Å². The number of benzene rings is 7. The summed E-state index contributed by atoms with van der Waals surface area (Å²) in [5.41, 5.74) is 7.04. The molecule has 0 N–H and O–H groups in total. The quantitative estimate of drug-likeness (QED) is 0.190. The summed E-state index contributed by atoms with van der Waals surface area (Å²) in [7, 11) is 0. The number of aromatic nitrogens is 1. The summed E-state index contributed by atoms with van der Waals surface area (Å²) >= 11 is 3.81. The van der Waals surface area contributed by atoms with Crippen molar-refractivity contribution in [1.82, 2.24) is 4.57 Å². The lowest BCUT2D eigenvalue weighted by Gasteiger charge is -2.25. The maximum absolute atomic E-state index is 2.47. The summed E-state index contributed by atoms with van der Waals surface area (Å²) < 4.78 is 7.84. The molecule has 0 unspecified atom stereocenters. The van der Waals surface area contributed by atoms with Crippen LogP contribution in [-0.2, 0) is 0 Å². The van der Waals surface area contributed by atoms with E-state index >= 15 is 0 Å². The number of thiophene rings is 2. The van der Waals surface area contributed by atoms with Crippen LogP contribution in [0.3, 0.4) is 0 Å². The molecule has 0 saturated carbocycles. The van der Waals surface area contributed by atoms with E-state index in [-0.39, 0.29) is 0 Å². The van der Waals surface area contributed by atoms with Gasteiger partial charge in [-0.15, -0.1) is 22.7 Å². The summed E-state index contributed by atoms with van der Waals surface area (Å²) in [6.45, 7) is 0. The van der Waals surface area contributed by atoms with E-state index in [2.05, 4.69) is 167 Å². The van der Waals surface area contributed by atoms with Gasteiger partial charge in [-0.1, -0.05) is 78.9 Å². The first-order valence-electron chi connectivity index (χ1n) is 15.5. The van der Waals surface area contributed by atoms with Gasteiger partial charge in [-0.2, -0.15) is 0 Å². The molecule has 0 aliphatic rings. The van der Waals surface area contributed by atoms with E-state index < -0.39 is 0 Å². The van der Waals surface area contributed by atoms with Crippen LogP contribution in [-0.4, -0.2) is 4.57 Å². The van der Waals surface area contributed by atoms with Gasteiger partial charge in [0.1, 0.15) is 0 Å². The first-order valence-corrected chi connectivity index (χ1v) is 17.2. The number of hydrogen-bond acceptors (Lipinski definition) is 3. The maximum Gasteiger partial charge on any atom is 0.0556 e. The number of rotatable bonds is 4. The minimum Gasteiger partial charge on any atom is -0.311 e. The minimum atomic E-state index is 1.13. The van der Waals surface area contributed by atoms with E-state index in [1.165, 1.54) is 62.2 Å². The van der Waals surface area contributed by atoms with Gasteiger partial charge in [-0.3, -0.25) is 0 Å². The molecular weight excluding hydrogens is 597 g/mol. The van der Waals surface area contributed by atoms with Crippen LogP contribution in [0, 0.1) is 0 Å². The Bertz CT molecular complexity index is 2690. The van der Waals surface area contributed by atoms with Gasteiger partial charge in [0.25, 0.3) is 0 Å². The Kier molecular flexibility index (Phi) is 5.65. The highest BCUT2D eigenvalue weighted by molar-refractivity contribution is 7.27. The summed E-state index contributed by atoms with van der Waals surface area (Å²) in [5, 5.41) is 8.06. The predicted octanol–water partition coefficient (Wildman–Crippen LogP) is 13.0. The van der Waals surface area contributed by atoms with E-state index in [1.807, 2.05) is 22.7 Å². The van der Waals surface area contributed by atoms with Crippen molar-refractivity contribution >= 4 is 102 Å². The molecule has 0 aliphatic carbocycles. The van der Waals surface area contributed by atoms with E-state index in [4.69, 9.17) is 0 Å². The fraction of sp³-hybridized carbons (Fsp3) is 0. The van der Waals surface area contributed by atoms with Gasteiger partial charge in [0.05, 0.1) is 11.0 Å². The highest BCUT2D eigenvalue weighted by Gasteiger charge is 2.21. The van der Waals surface area contributed by atoms with Gasteiger partial charge in [0.2, 0.25) is 0 Å². The maximum atomic E-state index is 2.47. The molecule has 0 saturated heterocycles. The van der Waals surface area contributed by atoms with Crippen molar-refractivity contribution in [1.29, 1.82) is 0 Å². The molecule has 3 heterocycles. The van der Waals surface area contributed by atoms with Crippen LogP contribution >= 0.6 is 22.7 Å². The lowest BCUT2D eigenvalue weighted by atomic mass is 10.0. The second-order valence-electron chi connectivity index (χ2n) is 11.7. The van der Waals surface area contributed by atoms with Crippen LogP contribution in [0.15, 0.2) is 158 Å². The smallest absolute Gasteiger partial charge is 0.0556 e. The number of anilines is 3. The molecule has 0 bridgehead atoms. The molecule has 0 aliphatic heterocycles. The third-order valence-electron chi connectivity index (χ3n) is 9.17. The molecule has 216 valence electrons. The van der Waals surface area contributed by atoms with Gasteiger partial charge in [0, 0.05) is 73.9 Å². The molecule has 7 aromatic carbocycles. The third-order valence-corrected chi connectivity index (χ3v) is 11.5. The molecule has 3 aromatic heterocycles. The summed E-state index contributed by atoms with van der Waals surface area (Å²) in [4.78, 5) is 2.32. The van der Waals surface area contributed by atoms with Crippen LogP contribution in [0.2, 0.25) is 0 Å². The summed E-state index contributed by atoms with van der Waals surface area (Å²) in [6, 6.07) is 57.3. The second kappa shape index (κ2) is 10.0. The lowest BCUT2D eigenvalue weighted by molar-refractivity contribution is 1.18. The highest BCUT2D eigenvalue weighted by atomic mass is 32.1. The molecule has 2 nitrogen and oxygen atoms in total. The Hall–Kier alpha value is -5.42. The number of fused-ring (bicyclic) bond motifs is 11. The molecule has 0 amide bonds. The molecule has 10 rings (SSSR count). The van der Waals surface area contributed by atoms with Crippen molar-refractivity contribution in [3.63, 3.8) is 0 Å². The minimum absolute atomic E-state index is 1.13. The zero-order valence-electron chi connectivity index (χ0n) is 24.7. The Morgan fingerprint density at radius 2 is 0.935 bits per heavy atom. The Labute approximate surface area is 273 Å². The van der Waals surface area contributed by atoms with Gasteiger partial charge < -0.3 is 9.47 Å². The van der Waals surface area contributed by atoms with Gasteiger partial charge in [0.15, 0.2) is 0 Å². The van der Waals surface area contributed by atoms with E-state index in [1.54, 1.807) is 0 Å². The zero-order chi connectivity index (χ0) is 30.2. The molecular formula is C42H26N2S2. The SMILES string of the molecule is c1ccc(N(c2ccccc2)c2ccc(-n3c4ccc5c6ccccc6sc5c4c4c5c(ccc43)sc3ccccc35)cc2)cc1. The summed E-state index contributed by atoms with van der Waals surface area (Å²) in [5.74, 6) is 0. The summed E-state index contributed by atoms with van der Waals surface area (Å²) in [6.07, 6.45) is 0. The van der Waals surface area contributed by atoms with Crippen molar-refractivity contribution in [3.8, 4) is 5.69 Å². The predicted molar refractivity (Wildman–Crippen MR) is 201 cm³/mol. The van der Waals surface area contributed by atoms with E-state index in [0.29, 0.717) is 0 Å². The van der Waals surface area contributed by atoms with Crippen LogP contribution in [0.4, 0.5) is 17.1 Å². The molecule has 0 atom stereocenters. The van der Waals surface area contributed by atoms with Crippen molar-refractivity contribution in [3.05, 3.63) is 158 Å². The topological polar surface area (TPSA) is 8.17 Å². The second-order valence-corrected chi connectivity index (χ2v) is 13.9. The number of hydrogen-bond donors (Lipinski definition) is 0. The van der Waals surface area contributed by atoms with Gasteiger partial charge >= 0.3 is 0 Å². The first-order chi connectivity index (χ1) is 22.8.